The highest BCUT2D eigenvalue weighted by Crippen LogP contribution is 2.35. The Kier molecular flexibility index (Phi) is 4.83. The van der Waals surface area contributed by atoms with Gasteiger partial charge in [-0.2, -0.15) is 0 Å². The van der Waals surface area contributed by atoms with Gasteiger partial charge in [-0.15, -0.1) is 0 Å². The zero-order valence-corrected chi connectivity index (χ0v) is 15.0. The van der Waals surface area contributed by atoms with Crippen LogP contribution in [-0.4, -0.2) is 31.6 Å². The van der Waals surface area contributed by atoms with Crippen LogP contribution in [0.25, 0.3) is 0 Å². The Bertz CT molecular complexity index is 775. The van der Waals surface area contributed by atoms with Gasteiger partial charge in [0.15, 0.2) is 0 Å². The number of nitrogen functional groups attached to an aromatic ring is 1. The maximum atomic E-state index is 13.0. The SMILES string of the molecule is CCN(C(=O)CN1CC(C)Oc2cc(N)ccc21)c1cccc(C)c1. The second kappa shape index (κ2) is 7.05. The first-order valence-corrected chi connectivity index (χ1v) is 8.66. The number of rotatable bonds is 4. The van der Waals surface area contributed by atoms with Crippen LogP contribution in [0.4, 0.5) is 17.1 Å². The van der Waals surface area contributed by atoms with Gasteiger partial charge in [0.05, 0.1) is 18.8 Å². The molecule has 0 aromatic heterocycles. The lowest BCUT2D eigenvalue weighted by molar-refractivity contribution is -0.117. The average molecular weight is 339 g/mol. The topological polar surface area (TPSA) is 58.8 Å². The highest BCUT2D eigenvalue weighted by atomic mass is 16.5. The zero-order valence-electron chi connectivity index (χ0n) is 15.0. The number of ether oxygens (including phenoxy) is 1. The molecule has 0 saturated heterocycles. The third-order valence-corrected chi connectivity index (χ3v) is 4.39. The summed E-state index contributed by atoms with van der Waals surface area (Å²) in [7, 11) is 0. The molecule has 1 aliphatic heterocycles. The number of hydrogen-bond acceptors (Lipinski definition) is 4. The minimum absolute atomic E-state index is 0.0103. The van der Waals surface area contributed by atoms with Crippen molar-refractivity contribution in [2.75, 3.05) is 35.2 Å². The Morgan fingerprint density at radius 3 is 2.84 bits per heavy atom. The van der Waals surface area contributed by atoms with Gasteiger partial charge in [-0.25, -0.2) is 0 Å². The van der Waals surface area contributed by atoms with E-state index in [0.717, 1.165) is 22.7 Å². The fourth-order valence-electron chi connectivity index (χ4n) is 3.25. The van der Waals surface area contributed by atoms with Crippen molar-refractivity contribution in [1.82, 2.24) is 0 Å². The van der Waals surface area contributed by atoms with Gasteiger partial charge in [0, 0.05) is 24.0 Å². The van der Waals surface area contributed by atoms with Crippen LogP contribution in [-0.2, 0) is 4.79 Å². The van der Waals surface area contributed by atoms with E-state index in [1.54, 1.807) is 0 Å². The first-order valence-electron chi connectivity index (χ1n) is 8.66. The molecule has 0 saturated carbocycles. The molecule has 2 N–H and O–H groups in total. The number of aryl methyl sites for hydroxylation is 1. The monoisotopic (exact) mass is 339 g/mol. The van der Waals surface area contributed by atoms with Crippen LogP contribution in [0.1, 0.15) is 19.4 Å². The van der Waals surface area contributed by atoms with E-state index < -0.39 is 0 Å². The van der Waals surface area contributed by atoms with Crippen molar-refractivity contribution in [3.8, 4) is 5.75 Å². The maximum absolute atomic E-state index is 13.0. The third-order valence-electron chi connectivity index (χ3n) is 4.39. The van der Waals surface area contributed by atoms with Crippen LogP contribution in [0.15, 0.2) is 42.5 Å². The lowest BCUT2D eigenvalue weighted by atomic mass is 10.1. The van der Waals surface area contributed by atoms with Crippen LogP contribution >= 0.6 is 0 Å². The molecule has 0 aliphatic carbocycles. The lowest BCUT2D eigenvalue weighted by Crippen LogP contribution is -2.45. The van der Waals surface area contributed by atoms with E-state index in [1.807, 2.05) is 68.1 Å². The fraction of sp³-hybridized carbons (Fsp3) is 0.350. The second-order valence-corrected chi connectivity index (χ2v) is 6.51. The minimum Gasteiger partial charge on any atom is -0.487 e. The number of hydrogen-bond donors (Lipinski definition) is 1. The number of anilines is 3. The van der Waals surface area contributed by atoms with E-state index in [1.165, 1.54) is 0 Å². The highest BCUT2D eigenvalue weighted by molar-refractivity contribution is 5.96. The van der Waals surface area contributed by atoms with Crippen LogP contribution in [0.2, 0.25) is 0 Å². The molecule has 1 amide bonds. The van der Waals surface area contributed by atoms with Crippen molar-refractivity contribution in [1.29, 1.82) is 0 Å². The summed E-state index contributed by atoms with van der Waals surface area (Å²) in [5.41, 5.74) is 9.52. The predicted octanol–water partition coefficient (Wildman–Crippen LogP) is 3.22. The van der Waals surface area contributed by atoms with Crippen molar-refractivity contribution >= 4 is 23.0 Å². The normalized spacial score (nSPS) is 16.1. The van der Waals surface area contributed by atoms with Crippen LogP contribution < -0.4 is 20.3 Å². The summed E-state index contributed by atoms with van der Waals surface area (Å²) < 4.78 is 5.87. The predicted molar refractivity (Wildman–Crippen MR) is 102 cm³/mol. The Labute approximate surface area is 149 Å². The first kappa shape index (κ1) is 17.1. The number of amides is 1. The van der Waals surface area contributed by atoms with Crippen LogP contribution in [0.5, 0.6) is 5.75 Å². The van der Waals surface area contributed by atoms with E-state index in [0.29, 0.717) is 25.3 Å². The Hall–Kier alpha value is -2.69. The van der Waals surface area contributed by atoms with Gasteiger partial charge >= 0.3 is 0 Å². The fourth-order valence-corrected chi connectivity index (χ4v) is 3.25. The molecular weight excluding hydrogens is 314 g/mol. The maximum Gasteiger partial charge on any atom is 0.246 e. The van der Waals surface area contributed by atoms with E-state index in [-0.39, 0.29) is 12.0 Å². The molecule has 25 heavy (non-hydrogen) atoms. The second-order valence-electron chi connectivity index (χ2n) is 6.51. The lowest BCUT2D eigenvalue weighted by Gasteiger charge is -2.35. The van der Waals surface area contributed by atoms with Crippen LogP contribution in [0.3, 0.4) is 0 Å². The standard InChI is InChI=1S/C20H25N3O2/c1-4-23(17-7-5-6-14(2)10-17)20(24)13-22-12-15(3)25-19-11-16(21)8-9-18(19)22/h5-11,15H,4,12-13,21H2,1-3H3. The summed E-state index contributed by atoms with van der Waals surface area (Å²) in [6.45, 7) is 7.65. The molecule has 132 valence electrons. The molecule has 5 heteroatoms. The molecule has 1 heterocycles. The van der Waals surface area contributed by atoms with Gasteiger partial charge in [0.2, 0.25) is 5.91 Å². The molecule has 2 aromatic carbocycles. The first-order chi connectivity index (χ1) is 12.0. The summed E-state index contributed by atoms with van der Waals surface area (Å²) in [4.78, 5) is 16.9. The average Bonchev–Trinajstić information content (AvgIpc) is 2.55. The summed E-state index contributed by atoms with van der Waals surface area (Å²) >= 11 is 0. The van der Waals surface area contributed by atoms with Gasteiger partial charge in [-0.1, -0.05) is 12.1 Å². The third kappa shape index (κ3) is 3.71. The van der Waals surface area contributed by atoms with Crippen molar-refractivity contribution < 1.29 is 9.53 Å². The van der Waals surface area contributed by atoms with Crippen LogP contribution in [0, 0.1) is 6.92 Å². The van der Waals surface area contributed by atoms with E-state index in [4.69, 9.17) is 10.5 Å². The molecule has 1 aliphatic rings. The number of benzene rings is 2. The van der Waals surface area contributed by atoms with Crippen molar-refractivity contribution in [2.24, 2.45) is 0 Å². The number of carbonyl (C=O) groups is 1. The molecule has 3 rings (SSSR count). The van der Waals surface area contributed by atoms with Gasteiger partial charge in [-0.3, -0.25) is 4.79 Å². The number of likely N-dealkylation sites (N-methyl/N-ethyl adjacent to an activating group) is 1. The summed E-state index contributed by atoms with van der Waals surface area (Å²) in [6, 6.07) is 13.6. The van der Waals surface area contributed by atoms with Gasteiger partial charge in [0.25, 0.3) is 0 Å². The van der Waals surface area contributed by atoms with E-state index in [2.05, 4.69) is 4.90 Å². The Morgan fingerprint density at radius 1 is 1.32 bits per heavy atom. The molecule has 2 aromatic rings. The quantitative estimate of drug-likeness (QED) is 0.869. The summed E-state index contributed by atoms with van der Waals surface area (Å²) in [6.07, 6.45) is 0.0103. The number of nitrogens with zero attached hydrogens (tertiary/aromatic N) is 2. The molecule has 0 spiro atoms. The molecular formula is C20H25N3O2. The number of carbonyl (C=O) groups excluding carboxylic acids is 1. The summed E-state index contributed by atoms with van der Waals surface area (Å²) in [5, 5.41) is 0. The van der Waals surface area contributed by atoms with Gasteiger partial charge in [0.1, 0.15) is 11.9 Å². The van der Waals surface area contributed by atoms with Crippen molar-refractivity contribution in [2.45, 2.75) is 26.9 Å². The molecule has 0 bridgehead atoms. The number of nitrogens with two attached hydrogens (primary N) is 1. The highest BCUT2D eigenvalue weighted by Gasteiger charge is 2.26. The van der Waals surface area contributed by atoms with Gasteiger partial charge < -0.3 is 20.3 Å². The number of fused-ring (bicyclic) bond motifs is 1. The minimum atomic E-state index is 0.0103. The molecule has 0 radical (unpaired) electrons. The molecule has 1 atom stereocenters. The smallest absolute Gasteiger partial charge is 0.246 e. The summed E-state index contributed by atoms with van der Waals surface area (Å²) in [5.74, 6) is 0.815. The zero-order chi connectivity index (χ0) is 18.0. The van der Waals surface area contributed by atoms with Crippen molar-refractivity contribution in [3.63, 3.8) is 0 Å². The molecule has 5 nitrogen and oxygen atoms in total. The van der Waals surface area contributed by atoms with E-state index >= 15 is 0 Å². The van der Waals surface area contributed by atoms with Crippen molar-refractivity contribution in [3.05, 3.63) is 48.0 Å². The van der Waals surface area contributed by atoms with E-state index in [9.17, 15) is 4.79 Å². The molecule has 0 fully saturated rings. The Morgan fingerprint density at radius 2 is 2.12 bits per heavy atom. The largest absolute Gasteiger partial charge is 0.487 e. The molecule has 1 unspecified atom stereocenters. The Balaban J connectivity index is 1.83. The van der Waals surface area contributed by atoms with Gasteiger partial charge in [-0.05, 0) is 50.6 Å².